The summed E-state index contributed by atoms with van der Waals surface area (Å²) in [7, 11) is 0. The van der Waals surface area contributed by atoms with Crippen LogP contribution in [0.15, 0.2) is 69.7 Å². The number of nitrogens with two attached hydrogens (primary N) is 1. The zero-order valence-corrected chi connectivity index (χ0v) is 72.5. The van der Waals surface area contributed by atoms with E-state index in [0.29, 0.717) is 120 Å². The SMILES string of the molecule is C.CC(C)(C)OC(=O)N[C@@H](CCC(=O)N1CCC(Nc2nc(NCc3cc(CCCN(CCCN(C(=O)OC(C)(C)C)C4CCCCC4)C(=O)OC(C)(C)C)on3)nc3ccccc23)CC1)C(=O)OC(C)(C)C.N[C@@H](CCC(=O)N1CCC(Nc2nc(NCc3cc(CCCNCCCNC4CCCCC4)on3)nc3ccccc23)CC1)C(=O)O. The van der Waals surface area contributed by atoms with Crippen molar-refractivity contribution in [3.05, 3.63) is 83.6 Å². The van der Waals surface area contributed by atoms with Crippen LogP contribution in [0.2, 0.25) is 0 Å². The second kappa shape index (κ2) is 46.4. The molecule has 4 fully saturated rings. The van der Waals surface area contributed by atoms with E-state index in [1.54, 1.807) is 56.2 Å². The standard InChI is InChI=1S/C53H83N9O10.C34H51N9O4.CH4/c1-50(2,3)68-45(64)42(57-47(65)69-51(4,5)6)25-26-43(63)60-32-27-36(28-33-60)55-44-40-23-16-17-24-41(40)56-46(58-44)54-35-37-34-39(72-59-37)22-18-29-61(48(66)70-52(7,8)9)30-19-31-62(38-20-14-13-15-21-38)49(67)71-53(10,11)12;35-29(33(45)46)13-14-31(44)43-20-15-25(16-21-43)39-32-28-11-4-5-12-30(28)40-34(41-32)38-23-26-22-27(47-42-26)10-6-17-36-18-7-19-37-24-8-2-1-3-9-24;/h16-17,23-24,34,36,38,42H,13-15,18-22,25-33,35H2,1-12H3,(H,57,65)(H2,54,55,56,58);4-5,11-12,22,24-25,29,36-37H,1-3,6-10,13-21,23,35H2,(H,45,46)(H2,38,39,40,41);1H4/t42-;29-;/m00./s1. The van der Waals surface area contributed by atoms with Crippen LogP contribution in [0.3, 0.4) is 0 Å². The van der Waals surface area contributed by atoms with Crippen LogP contribution in [-0.2, 0) is 64.1 Å². The molecule has 5 amide bonds. The number of fused-ring (bicyclic) bond motifs is 2. The number of benzene rings is 2. The van der Waals surface area contributed by atoms with Gasteiger partial charge >= 0.3 is 30.2 Å². The number of nitrogens with one attached hydrogen (secondary N) is 7. The Morgan fingerprint density at radius 1 is 0.533 bits per heavy atom. The number of piperidine rings is 2. The highest BCUT2D eigenvalue weighted by Gasteiger charge is 2.34. The molecule has 32 nitrogen and oxygen atoms in total. The molecule has 2 aromatic carbocycles. The number of hydrogen-bond donors (Lipinski definition) is 9. The zero-order valence-electron chi connectivity index (χ0n) is 72.5. The van der Waals surface area contributed by atoms with E-state index in [-0.39, 0.29) is 69.1 Å². The minimum Gasteiger partial charge on any atom is -0.480 e. The molecule has 6 heterocycles. The molecular formula is C88H138N18O14. The van der Waals surface area contributed by atoms with Gasteiger partial charge in [0, 0.05) is 119 Å². The molecule has 664 valence electrons. The monoisotopic (exact) mass is 1670 g/mol. The summed E-state index contributed by atoms with van der Waals surface area (Å²) in [6.45, 7) is 29.0. The number of carboxylic acid groups (broad SMARTS) is 1. The Balaban J connectivity index is 0.000000322. The number of nitrogens with zero attached hydrogens (tertiary/aromatic N) is 10. The number of rotatable bonds is 37. The highest BCUT2D eigenvalue weighted by Crippen LogP contribution is 2.30. The molecule has 4 aliphatic rings. The van der Waals surface area contributed by atoms with Crippen LogP contribution in [0, 0.1) is 0 Å². The molecule has 0 radical (unpaired) electrons. The molecular weight excluding hydrogens is 1530 g/mol. The second-order valence-corrected chi connectivity index (χ2v) is 35.8. The summed E-state index contributed by atoms with van der Waals surface area (Å²) in [5.74, 6) is 2.00. The minimum absolute atomic E-state index is 0. The predicted octanol–water partition coefficient (Wildman–Crippen LogP) is 14.1. The maximum absolute atomic E-state index is 13.4. The van der Waals surface area contributed by atoms with E-state index in [4.69, 9.17) is 58.8 Å². The van der Waals surface area contributed by atoms with Gasteiger partial charge in [-0.1, -0.05) is 80.5 Å². The Bertz CT molecular complexity index is 4200. The number of alkyl carbamates (subject to hydrolysis) is 1. The molecule has 120 heavy (non-hydrogen) atoms. The van der Waals surface area contributed by atoms with Crippen molar-refractivity contribution in [1.82, 2.24) is 65.8 Å². The van der Waals surface area contributed by atoms with Crippen molar-refractivity contribution in [2.75, 3.05) is 86.7 Å². The molecule has 2 atom stereocenters. The number of anilines is 4. The number of likely N-dealkylation sites (tertiary alicyclic amines) is 2. The van der Waals surface area contributed by atoms with E-state index in [2.05, 4.69) is 47.5 Å². The zero-order chi connectivity index (χ0) is 85.7. The predicted molar refractivity (Wildman–Crippen MR) is 464 cm³/mol. The van der Waals surface area contributed by atoms with Crippen LogP contribution in [-0.4, -0.2) is 221 Å². The van der Waals surface area contributed by atoms with Gasteiger partial charge in [-0.3, -0.25) is 14.4 Å². The van der Waals surface area contributed by atoms with E-state index >= 15 is 0 Å². The number of aliphatic carboxylic acids is 1. The van der Waals surface area contributed by atoms with Crippen molar-refractivity contribution in [1.29, 1.82) is 0 Å². The smallest absolute Gasteiger partial charge is 0.410 e. The number of carbonyl (C=O) groups excluding carboxylic acids is 6. The summed E-state index contributed by atoms with van der Waals surface area (Å²) < 4.78 is 33.8. The molecule has 6 aromatic rings. The Morgan fingerprint density at radius 3 is 1.51 bits per heavy atom. The average molecular weight is 1670 g/mol. The summed E-state index contributed by atoms with van der Waals surface area (Å²) >= 11 is 0. The maximum atomic E-state index is 13.4. The van der Waals surface area contributed by atoms with Gasteiger partial charge in [-0.2, -0.15) is 9.97 Å². The van der Waals surface area contributed by atoms with Gasteiger partial charge < -0.3 is 95.7 Å². The Morgan fingerprint density at radius 2 is 1.00 bits per heavy atom. The summed E-state index contributed by atoms with van der Waals surface area (Å²) in [6.07, 6.45) is 18.6. The normalized spacial score (nSPS) is 15.9. The highest BCUT2D eigenvalue weighted by molar-refractivity contribution is 5.91. The first-order valence-electron chi connectivity index (χ1n) is 43.3. The lowest BCUT2D eigenvalue weighted by molar-refractivity contribution is -0.157. The first kappa shape index (κ1) is 95.8. The first-order chi connectivity index (χ1) is 56.6. The molecule has 2 saturated carbocycles. The molecule has 10 N–H and O–H groups in total. The van der Waals surface area contributed by atoms with Crippen LogP contribution >= 0.6 is 0 Å². The van der Waals surface area contributed by atoms with Crippen LogP contribution in [0.5, 0.6) is 0 Å². The van der Waals surface area contributed by atoms with Crippen molar-refractivity contribution in [2.24, 2.45) is 5.73 Å². The Kier molecular flexibility index (Phi) is 37.0. The number of para-hydroxylation sites is 2. The van der Waals surface area contributed by atoms with Gasteiger partial charge in [0.25, 0.3) is 0 Å². The summed E-state index contributed by atoms with van der Waals surface area (Å²) in [5.41, 5.74) is 5.81. The summed E-state index contributed by atoms with van der Waals surface area (Å²) in [6, 6.07) is 18.5. The number of aryl methyl sites for hydroxylation is 2. The van der Waals surface area contributed by atoms with Gasteiger partial charge in [0.1, 0.15) is 69.0 Å². The van der Waals surface area contributed by atoms with E-state index in [1.807, 2.05) is 107 Å². The van der Waals surface area contributed by atoms with Gasteiger partial charge in [-0.25, -0.2) is 29.1 Å². The lowest BCUT2D eigenvalue weighted by atomic mass is 9.94. The molecule has 2 aliphatic carbocycles. The van der Waals surface area contributed by atoms with Crippen LogP contribution in [0.25, 0.3) is 21.8 Å². The first-order valence-corrected chi connectivity index (χ1v) is 43.3. The fraction of sp³-hybridized carbons (Fsp3) is 0.670. The third kappa shape index (κ3) is 33.4. The fourth-order valence-electron chi connectivity index (χ4n) is 14.9. The maximum Gasteiger partial charge on any atom is 0.410 e. The van der Waals surface area contributed by atoms with Gasteiger partial charge in [-0.15, -0.1) is 0 Å². The van der Waals surface area contributed by atoms with E-state index in [9.17, 15) is 33.6 Å². The number of aromatic nitrogens is 6. The minimum atomic E-state index is -1.08. The Labute approximate surface area is 708 Å². The number of esters is 1. The summed E-state index contributed by atoms with van der Waals surface area (Å²) in [4.78, 5) is 116. The van der Waals surface area contributed by atoms with Crippen LogP contribution in [0.1, 0.15) is 255 Å². The van der Waals surface area contributed by atoms with E-state index < -0.39 is 58.6 Å². The molecule has 32 heteroatoms. The molecule has 2 aliphatic heterocycles. The number of ether oxygens (including phenoxy) is 4. The third-order valence-electron chi connectivity index (χ3n) is 21.0. The lowest BCUT2D eigenvalue weighted by Crippen LogP contribution is -2.47. The number of hydrogen-bond acceptors (Lipinski definition) is 26. The largest absolute Gasteiger partial charge is 0.480 e. The van der Waals surface area contributed by atoms with Gasteiger partial charge in [0.05, 0.1) is 24.1 Å². The average Bonchev–Trinajstić information content (AvgIpc) is 1.10. The topological polar surface area (TPSA) is 403 Å². The van der Waals surface area contributed by atoms with Crippen LogP contribution in [0.4, 0.5) is 37.9 Å². The van der Waals surface area contributed by atoms with E-state index in [1.165, 1.54) is 38.5 Å². The number of amides is 5. The van der Waals surface area contributed by atoms with Crippen molar-refractivity contribution >= 4 is 87.4 Å². The lowest BCUT2D eigenvalue weighted by Gasteiger charge is -2.36. The molecule has 10 rings (SSSR count). The number of carbonyl (C=O) groups is 7. The molecule has 0 spiro atoms. The second-order valence-electron chi connectivity index (χ2n) is 35.8. The quantitative estimate of drug-likeness (QED) is 0.00993. The molecule has 0 bridgehead atoms. The van der Waals surface area contributed by atoms with Crippen LogP contribution < -0.4 is 43.0 Å². The molecule has 0 unspecified atom stereocenters. The molecule has 2 saturated heterocycles. The fourth-order valence-corrected chi connectivity index (χ4v) is 14.9. The molecule has 4 aromatic heterocycles. The van der Waals surface area contributed by atoms with Crippen molar-refractivity contribution in [3.8, 4) is 0 Å². The summed E-state index contributed by atoms with van der Waals surface area (Å²) in [5, 5.41) is 42.9. The highest BCUT2D eigenvalue weighted by atomic mass is 16.6. The van der Waals surface area contributed by atoms with E-state index in [0.717, 1.165) is 123 Å². The van der Waals surface area contributed by atoms with Gasteiger partial charge in [0.2, 0.25) is 23.7 Å². The van der Waals surface area contributed by atoms with Crippen molar-refractivity contribution in [2.45, 2.75) is 316 Å². The third-order valence-corrected chi connectivity index (χ3v) is 21.0. The Hall–Kier alpha value is -9.69. The van der Waals surface area contributed by atoms with Gasteiger partial charge in [0.15, 0.2) is 0 Å². The van der Waals surface area contributed by atoms with Gasteiger partial charge in [-0.05, 0) is 217 Å². The number of carboxylic acids is 1. The van der Waals surface area contributed by atoms with Crippen molar-refractivity contribution < 1.29 is 66.7 Å². The van der Waals surface area contributed by atoms with Crippen molar-refractivity contribution in [3.63, 3.8) is 0 Å².